The molecule has 2 N–H and O–H groups in total. The Hall–Kier alpha value is -0.810. The molecule has 23 heavy (non-hydrogen) atoms. The van der Waals surface area contributed by atoms with Gasteiger partial charge in [-0.3, -0.25) is 4.99 Å². The van der Waals surface area contributed by atoms with Crippen LogP contribution in [0.2, 0.25) is 0 Å². The number of hydrogen-bond donors (Lipinski definition) is 2. The molecule has 0 aromatic rings. The van der Waals surface area contributed by atoms with Gasteiger partial charge in [-0.25, -0.2) is 0 Å². The van der Waals surface area contributed by atoms with Crippen LogP contribution >= 0.6 is 0 Å². The Morgan fingerprint density at radius 2 is 1.83 bits per heavy atom. The molecular weight excluding hydrogens is 290 g/mol. The normalized spacial score (nSPS) is 17.4. The Kier molecular flexibility index (Phi) is 11.1. The Morgan fingerprint density at radius 3 is 2.48 bits per heavy atom. The van der Waals surface area contributed by atoms with Crippen molar-refractivity contribution in [3.05, 3.63) is 0 Å². The molecule has 1 fully saturated rings. The first-order valence-electron chi connectivity index (χ1n) is 9.27. The Bertz CT molecular complexity index is 315. The van der Waals surface area contributed by atoms with E-state index in [1.807, 2.05) is 7.05 Å². The van der Waals surface area contributed by atoms with Gasteiger partial charge < -0.3 is 20.1 Å². The van der Waals surface area contributed by atoms with Gasteiger partial charge in [0, 0.05) is 47.1 Å². The Balaban J connectivity index is 2.19. The van der Waals surface area contributed by atoms with Gasteiger partial charge in [0.25, 0.3) is 0 Å². The summed E-state index contributed by atoms with van der Waals surface area (Å²) in [6.45, 7) is 6.63. The molecular formula is C18H37N3O2. The van der Waals surface area contributed by atoms with E-state index in [0.717, 1.165) is 58.1 Å². The molecule has 0 atom stereocenters. The molecule has 136 valence electrons. The molecule has 0 bridgehead atoms. The molecule has 0 amide bonds. The van der Waals surface area contributed by atoms with Crippen LogP contribution in [0, 0.1) is 5.41 Å². The predicted octanol–water partition coefficient (Wildman–Crippen LogP) is 2.96. The van der Waals surface area contributed by atoms with Gasteiger partial charge in [0.15, 0.2) is 5.96 Å². The first-order chi connectivity index (χ1) is 11.3. The smallest absolute Gasteiger partial charge is 0.190 e. The molecule has 0 unspecified atom stereocenters. The number of guanidine groups is 1. The number of hydrogen-bond acceptors (Lipinski definition) is 3. The van der Waals surface area contributed by atoms with Gasteiger partial charge in [-0.15, -0.1) is 0 Å². The lowest BCUT2D eigenvalue weighted by atomic mass is 9.83. The standard InChI is InChI=1S/C18H37N3O2/c1-4-5-13-23-14-8-12-20-17(19-2)21-16-18(11-15-22-3)9-6-7-10-18/h4-16H2,1-3H3,(H2,19,20,21). The van der Waals surface area contributed by atoms with E-state index in [0.29, 0.717) is 5.41 Å². The number of unbranched alkanes of at least 4 members (excludes halogenated alkanes) is 1. The van der Waals surface area contributed by atoms with E-state index in [1.54, 1.807) is 7.11 Å². The van der Waals surface area contributed by atoms with E-state index < -0.39 is 0 Å². The number of aliphatic imine (C=N–C) groups is 1. The van der Waals surface area contributed by atoms with Crippen LogP contribution in [0.4, 0.5) is 0 Å². The van der Waals surface area contributed by atoms with Crippen LogP contribution in [0.25, 0.3) is 0 Å². The fourth-order valence-corrected chi connectivity index (χ4v) is 3.18. The lowest BCUT2D eigenvalue weighted by Gasteiger charge is -2.30. The van der Waals surface area contributed by atoms with Crippen LogP contribution in [-0.4, -0.2) is 53.0 Å². The summed E-state index contributed by atoms with van der Waals surface area (Å²) in [7, 11) is 3.63. The highest BCUT2D eigenvalue weighted by atomic mass is 16.5. The third kappa shape index (κ3) is 8.56. The van der Waals surface area contributed by atoms with Gasteiger partial charge in [-0.1, -0.05) is 26.2 Å². The van der Waals surface area contributed by atoms with Crippen molar-refractivity contribution in [3.8, 4) is 0 Å². The second kappa shape index (κ2) is 12.6. The molecule has 1 rings (SSSR count). The van der Waals surface area contributed by atoms with Gasteiger partial charge in [0.2, 0.25) is 0 Å². The second-order valence-electron chi connectivity index (χ2n) is 6.62. The summed E-state index contributed by atoms with van der Waals surface area (Å²) in [4.78, 5) is 4.33. The van der Waals surface area contributed by atoms with Crippen molar-refractivity contribution in [2.75, 3.05) is 47.1 Å². The van der Waals surface area contributed by atoms with E-state index in [2.05, 4.69) is 22.5 Å². The Morgan fingerprint density at radius 1 is 1.09 bits per heavy atom. The lowest BCUT2D eigenvalue weighted by Crippen LogP contribution is -2.43. The van der Waals surface area contributed by atoms with Crippen LogP contribution < -0.4 is 10.6 Å². The van der Waals surface area contributed by atoms with Gasteiger partial charge >= 0.3 is 0 Å². The molecule has 1 saturated carbocycles. The molecule has 0 spiro atoms. The zero-order valence-electron chi connectivity index (χ0n) is 15.5. The van der Waals surface area contributed by atoms with E-state index >= 15 is 0 Å². The quantitative estimate of drug-likeness (QED) is 0.329. The van der Waals surface area contributed by atoms with E-state index in [1.165, 1.54) is 32.1 Å². The minimum Gasteiger partial charge on any atom is -0.385 e. The highest BCUT2D eigenvalue weighted by Gasteiger charge is 2.33. The fourth-order valence-electron chi connectivity index (χ4n) is 3.18. The minimum atomic E-state index is 0.386. The maximum atomic E-state index is 5.58. The largest absolute Gasteiger partial charge is 0.385 e. The van der Waals surface area contributed by atoms with Crippen LogP contribution in [0.15, 0.2) is 4.99 Å². The molecule has 0 radical (unpaired) electrons. The van der Waals surface area contributed by atoms with Crippen molar-refractivity contribution < 1.29 is 9.47 Å². The predicted molar refractivity (Wildman–Crippen MR) is 97.1 cm³/mol. The maximum Gasteiger partial charge on any atom is 0.190 e. The number of ether oxygens (including phenoxy) is 2. The summed E-state index contributed by atoms with van der Waals surface area (Å²) < 4.78 is 10.9. The van der Waals surface area contributed by atoms with Crippen LogP contribution in [0.1, 0.15) is 58.3 Å². The number of rotatable bonds is 12. The molecule has 1 aliphatic rings. The average molecular weight is 328 g/mol. The Labute approximate surface area is 142 Å². The molecule has 0 saturated heterocycles. The zero-order chi connectivity index (χ0) is 16.8. The monoisotopic (exact) mass is 327 g/mol. The topological polar surface area (TPSA) is 54.9 Å². The van der Waals surface area contributed by atoms with Gasteiger partial charge in [0.05, 0.1) is 0 Å². The SMILES string of the molecule is CCCCOCCCNC(=NC)NCC1(CCOC)CCCC1. The summed E-state index contributed by atoms with van der Waals surface area (Å²) in [5.41, 5.74) is 0.386. The molecule has 1 aliphatic carbocycles. The summed E-state index contributed by atoms with van der Waals surface area (Å²) >= 11 is 0. The van der Waals surface area contributed by atoms with Gasteiger partial charge in [0.1, 0.15) is 0 Å². The van der Waals surface area contributed by atoms with Gasteiger partial charge in [-0.05, 0) is 37.5 Å². The fraction of sp³-hybridized carbons (Fsp3) is 0.944. The second-order valence-corrected chi connectivity index (χ2v) is 6.62. The third-order valence-electron chi connectivity index (χ3n) is 4.76. The molecule has 0 heterocycles. The van der Waals surface area contributed by atoms with E-state index in [4.69, 9.17) is 9.47 Å². The maximum absolute atomic E-state index is 5.58. The van der Waals surface area contributed by atoms with Crippen LogP contribution in [-0.2, 0) is 9.47 Å². The molecule has 0 aliphatic heterocycles. The summed E-state index contributed by atoms with van der Waals surface area (Å²) in [5, 5.41) is 6.90. The number of nitrogens with one attached hydrogen (secondary N) is 2. The van der Waals surface area contributed by atoms with Crippen molar-refractivity contribution >= 4 is 5.96 Å². The molecule has 5 heteroatoms. The summed E-state index contributed by atoms with van der Waals surface area (Å²) in [6, 6.07) is 0. The first-order valence-corrected chi connectivity index (χ1v) is 9.27. The molecule has 0 aromatic carbocycles. The van der Waals surface area contributed by atoms with Crippen molar-refractivity contribution in [3.63, 3.8) is 0 Å². The van der Waals surface area contributed by atoms with E-state index in [9.17, 15) is 0 Å². The zero-order valence-corrected chi connectivity index (χ0v) is 15.5. The number of methoxy groups -OCH3 is 1. The number of nitrogens with zero attached hydrogens (tertiary/aromatic N) is 1. The summed E-state index contributed by atoms with van der Waals surface area (Å²) in [6.07, 6.45) is 9.77. The summed E-state index contributed by atoms with van der Waals surface area (Å²) in [5.74, 6) is 0.905. The first kappa shape index (κ1) is 20.2. The molecule has 5 nitrogen and oxygen atoms in total. The highest BCUT2D eigenvalue weighted by Crippen LogP contribution is 2.40. The van der Waals surface area contributed by atoms with Gasteiger partial charge in [-0.2, -0.15) is 0 Å². The van der Waals surface area contributed by atoms with Crippen molar-refractivity contribution in [2.45, 2.75) is 58.3 Å². The van der Waals surface area contributed by atoms with E-state index in [-0.39, 0.29) is 0 Å². The average Bonchev–Trinajstić information content (AvgIpc) is 3.04. The lowest BCUT2D eigenvalue weighted by molar-refractivity contribution is 0.129. The van der Waals surface area contributed by atoms with Crippen LogP contribution in [0.3, 0.4) is 0 Å². The van der Waals surface area contributed by atoms with Crippen molar-refractivity contribution in [2.24, 2.45) is 10.4 Å². The third-order valence-corrected chi connectivity index (χ3v) is 4.76. The highest BCUT2D eigenvalue weighted by molar-refractivity contribution is 5.79. The van der Waals surface area contributed by atoms with Crippen LogP contribution in [0.5, 0.6) is 0 Å². The molecule has 0 aromatic heterocycles. The van der Waals surface area contributed by atoms with Crippen molar-refractivity contribution in [1.82, 2.24) is 10.6 Å². The minimum absolute atomic E-state index is 0.386. The van der Waals surface area contributed by atoms with Crippen molar-refractivity contribution in [1.29, 1.82) is 0 Å².